The number of benzene rings is 2. The summed E-state index contributed by atoms with van der Waals surface area (Å²) in [6, 6.07) is 14.3. The summed E-state index contributed by atoms with van der Waals surface area (Å²) in [6.45, 7) is 4.43. The van der Waals surface area contributed by atoms with Crippen LogP contribution in [0.2, 0.25) is 10.0 Å². The van der Waals surface area contributed by atoms with Crippen LogP contribution in [-0.2, 0) is 26.2 Å². The standard InChI is InChI=1S/C26H25Cl2N3O5S/c1-26(2,3)36-25(33)15-31(37(34,35)22-13-19(27)12-20(28)14-22)21-4-5-23-18(11-21)7-9-30(23)24-10-17(16-32)6-8-29-24/h4-14,32H,15-16H2,1-3H3. The monoisotopic (exact) mass is 561 g/mol. The van der Waals surface area contributed by atoms with Crippen LogP contribution in [0.5, 0.6) is 0 Å². The minimum Gasteiger partial charge on any atom is -0.459 e. The number of aromatic nitrogens is 2. The van der Waals surface area contributed by atoms with E-state index in [1.165, 1.54) is 18.2 Å². The predicted molar refractivity (Wildman–Crippen MR) is 144 cm³/mol. The lowest BCUT2D eigenvalue weighted by Crippen LogP contribution is -2.39. The van der Waals surface area contributed by atoms with Crippen molar-refractivity contribution in [3.05, 3.63) is 82.6 Å². The first-order valence-corrected chi connectivity index (χ1v) is 13.4. The van der Waals surface area contributed by atoms with Crippen molar-refractivity contribution in [3.63, 3.8) is 0 Å². The van der Waals surface area contributed by atoms with Crippen molar-refractivity contribution >= 4 is 55.8 Å². The molecular weight excluding hydrogens is 537 g/mol. The van der Waals surface area contributed by atoms with Crippen molar-refractivity contribution in [2.75, 3.05) is 10.8 Å². The first-order valence-electron chi connectivity index (χ1n) is 11.3. The minimum absolute atomic E-state index is 0.121. The number of hydrogen-bond acceptors (Lipinski definition) is 6. The quantitative estimate of drug-likeness (QED) is 0.305. The highest BCUT2D eigenvalue weighted by atomic mass is 35.5. The van der Waals surface area contributed by atoms with Gasteiger partial charge >= 0.3 is 5.97 Å². The van der Waals surface area contributed by atoms with E-state index in [-0.39, 0.29) is 27.2 Å². The smallest absolute Gasteiger partial charge is 0.327 e. The van der Waals surface area contributed by atoms with E-state index in [2.05, 4.69) is 4.98 Å². The number of hydrogen-bond donors (Lipinski definition) is 1. The van der Waals surface area contributed by atoms with Gasteiger partial charge in [0.25, 0.3) is 10.0 Å². The predicted octanol–water partition coefficient (Wildman–Crippen LogP) is 5.36. The average molecular weight is 562 g/mol. The van der Waals surface area contributed by atoms with Gasteiger partial charge in [0.05, 0.1) is 22.7 Å². The SMILES string of the molecule is CC(C)(C)OC(=O)CN(c1ccc2c(ccn2-c2cc(CO)ccn2)c1)S(=O)(=O)c1cc(Cl)cc(Cl)c1. The number of fused-ring (bicyclic) bond motifs is 1. The van der Waals surface area contributed by atoms with Crippen LogP contribution in [0, 0.1) is 0 Å². The molecule has 2 aromatic carbocycles. The molecule has 8 nitrogen and oxygen atoms in total. The van der Waals surface area contributed by atoms with Crippen molar-refractivity contribution in [3.8, 4) is 5.82 Å². The van der Waals surface area contributed by atoms with Crippen LogP contribution in [-0.4, -0.2) is 41.2 Å². The fraction of sp³-hybridized carbons (Fsp3) is 0.231. The number of aliphatic hydroxyl groups is 1. The van der Waals surface area contributed by atoms with E-state index in [0.29, 0.717) is 16.8 Å². The molecule has 0 aliphatic carbocycles. The topological polar surface area (TPSA) is 102 Å². The molecule has 0 unspecified atom stereocenters. The van der Waals surface area contributed by atoms with Gasteiger partial charge in [0, 0.05) is 27.8 Å². The zero-order valence-electron chi connectivity index (χ0n) is 20.4. The molecule has 2 aromatic heterocycles. The number of esters is 1. The number of ether oxygens (including phenoxy) is 1. The van der Waals surface area contributed by atoms with E-state index in [1.807, 2.05) is 4.57 Å². The molecule has 0 aliphatic rings. The Morgan fingerprint density at radius 2 is 1.76 bits per heavy atom. The molecule has 0 amide bonds. The Morgan fingerprint density at radius 3 is 2.41 bits per heavy atom. The van der Waals surface area contributed by atoms with Gasteiger partial charge in [-0.2, -0.15) is 0 Å². The third-order valence-electron chi connectivity index (χ3n) is 5.32. The number of nitrogens with zero attached hydrogens (tertiary/aromatic N) is 3. The number of halogens is 2. The molecule has 0 fully saturated rings. The van der Waals surface area contributed by atoms with Gasteiger partial charge in [-0.3, -0.25) is 9.10 Å². The number of carbonyl (C=O) groups is 1. The number of pyridine rings is 1. The molecule has 11 heteroatoms. The van der Waals surface area contributed by atoms with E-state index < -0.39 is 28.1 Å². The first kappa shape index (κ1) is 26.9. The lowest BCUT2D eigenvalue weighted by Gasteiger charge is -2.26. The molecule has 0 atom stereocenters. The number of carbonyl (C=O) groups excluding carboxylic acids is 1. The Bertz CT molecular complexity index is 1560. The molecule has 0 spiro atoms. The fourth-order valence-electron chi connectivity index (χ4n) is 3.79. The Morgan fingerprint density at radius 1 is 1.05 bits per heavy atom. The van der Waals surface area contributed by atoms with Crippen LogP contribution in [0.1, 0.15) is 26.3 Å². The second kappa shape index (κ2) is 10.3. The summed E-state index contributed by atoms with van der Waals surface area (Å²) in [5.41, 5.74) is 0.915. The number of sulfonamides is 1. The van der Waals surface area contributed by atoms with Crippen molar-refractivity contribution in [2.45, 2.75) is 37.9 Å². The summed E-state index contributed by atoms with van der Waals surface area (Å²) in [5.74, 6) is -0.118. The van der Waals surface area contributed by atoms with E-state index in [0.717, 1.165) is 9.82 Å². The molecule has 0 radical (unpaired) electrons. The third-order valence-corrected chi connectivity index (χ3v) is 7.51. The van der Waals surface area contributed by atoms with Gasteiger partial charge in [0.15, 0.2) is 0 Å². The largest absolute Gasteiger partial charge is 0.459 e. The lowest BCUT2D eigenvalue weighted by atomic mass is 10.2. The highest BCUT2D eigenvalue weighted by Crippen LogP contribution is 2.31. The van der Waals surface area contributed by atoms with Crippen LogP contribution in [0.25, 0.3) is 16.7 Å². The molecule has 0 bridgehead atoms. The fourth-order valence-corrected chi connectivity index (χ4v) is 5.91. The zero-order valence-corrected chi connectivity index (χ0v) is 22.7. The van der Waals surface area contributed by atoms with Crippen LogP contribution < -0.4 is 4.31 Å². The van der Waals surface area contributed by atoms with Gasteiger partial charge in [0.2, 0.25) is 0 Å². The van der Waals surface area contributed by atoms with E-state index in [4.69, 9.17) is 27.9 Å². The third kappa shape index (κ3) is 6.07. The van der Waals surface area contributed by atoms with Crippen LogP contribution in [0.3, 0.4) is 0 Å². The van der Waals surface area contributed by atoms with E-state index in [9.17, 15) is 18.3 Å². The molecule has 2 heterocycles. The van der Waals surface area contributed by atoms with Gasteiger partial charge < -0.3 is 14.4 Å². The minimum atomic E-state index is -4.26. The maximum absolute atomic E-state index is 13.7. The Balaban J connectivity index is 1.80. The normalized spacial score (nSPS) is 12.1. The van der Waals surface area contributed by atoms with Gasteiger partial charge in [-0.05, 0) is 80.9 Å². The highest BCUT2D eigenvalue weighted by Gasteiger charge is 2.30. The maximum Gasteiger partial charge on any atom is 0.327 e. The molecule has 0 saturated heterocycles. The average Bonchev–Trinajstić information content (AvgIpc) is 3.24. The van der Waals surface area contributed by atoms with Gasteiger partial charge in [-0.25, -0.2) is 13.4 Å². The second-order valence-electron chi connectivity index (χ2n) is 9.31. The molecule has 0 saturated carbocycles. The molecule has 0 aliphatic heterocycles. The summed E-state index contributed by atoms with van der Waals surface area (Å²) in [5, 5.41) is 10.5. The lowest BCUT2D eigenvalue weighted by molar-refractivity contribution is -0.152. The van der Waals surface area contributed by atoms with E-state index in [1.54, 1.807) is 69.6 Å². The Hall–Kier alpha value is -3.11. The summed E-state index contributed by atoms with van der Waals surface area (Å²) >= 11 is 12.2. The molecule has 194 valence electrons. The summed E-state index contributed by atoms with van der Waals surface area (Å²) in [4.78, 5) is 17.0. The molecular formula is C26H25Cl2N3O5S. The van der Waals surface area contributed by atoms with Gasteiger partial charge in [-0.15, -0.1) is 0 Å². The van der Waals surface area contributed by atoms with Crippen molar-refractivity contribution in [2.24, 2.45) is 0 Å². The number of anilines is 1. The molecule has 4 aromatic rings. The Kier molecular flexibility index (Phi) is 7.52. The first-order chi connectivity index (χ1) is 17.4. The van der Waals surface area contributed by atoms with Crippen molar-refractivity contribution < 1.29 is 23.1 Å². The van der Waals surface area contributed by atoms with Crippen LogP contribution in [0.4, 0.5) is 5.69 Å². The molecule has 4 rings (SSSR count). The maximum atomic E-state index is 13.7. The Labute approximate surface area is 225 Å². The van der Waals surface area contributed by atoms with E-state index >= 15 is 0 Å². The van der Waals surface area contributed by atoms with Crippen LogP contribution in [0.15, 0.2) is 71.9 Å². The van der Waals surface area contributed by atoms with Gasteiger partial charge in [-0.1, -0.05) is 23.2 Å². The zero-order chi connectivity index (χ0) is 27.0. The highest BCUT2D eigenvalue weighted by molar-refractivity contribution is 7.92. The van der Waals surface area contributed by atoms with Crippen molar-refractivity contribution in [1.82, 2.24) is 9.55 Å². The number of rotatable bonds is 7. The summed E-state index contributed by atoms with van der Waals surface area (Å²) in [6.07, 6.45) is 3.40. The summed E-state index contributed by atoms with van der Waals surface area (Å²) in [7, 11) is -4.26. The molecule has 1 N–H and O–H groups in total. The van der Waals surface area contributed by atoms with Crippen molar-refractivity contribution in [1.29, 1.82) is 0 Å². The summed E-state index contributed by atoms with van der Waals surface area (Å²) < 4.78 is 35.7. The van der Waals surface area contributed by atoms with Crippen LogP contribution >= 0.6 is 23.2 Å². The molecule has 37 heavy (non-hydrogen) atoms. The van der Waals surface area contributed by atoms with Gasteiger partial charge in [0.1, 0.15) is 18.0 Å². The second-order valence-corrected chi connectivity index (χ2v) is 12.0. The number of aliphatic hydroxyl groups excluding tert-OH is 1.